The first-order valence-corrected chi connectivity index (χ1v) is 6.59. The third-order valence-electron chi connectivity index (χ3n) is 2.92. The first-order valence-electron chi connectivity index (χ1n) is 5.71. The standard InChI is InChI=1S/C15H11N2S.BrH/c16-9-12-5-7-13(8-6-12)10-17-11-18-15-4-2-1-3-14(15)17;/h1-8,11H,10H2;1H/q+1;/p-1. The van der Waals surface area contributed by atoms with Gasteiger partial charge < -0.3 is 17.0 Å². The van der Waals surface area contributed by atoms with E-state index in [0.717, 1.165) is 6.54 Å². The van der Waals surface area contributed by atoms with Crippen LogP contribution < -0.4 is 21.5 Å². The molecular formula is C15H11BrN2S. The van der Waals surface area contributed by atoms with Crippen LogP contribution in [0.3, 0.4) is 0 Å². The average Bonchev–Trinajstić information content (AvgIpc) is 2.83. The zero-order valence-electron chi connectivity index (χ0n) is 10.1. The molecule has 0 fully saturated rings. The molecule has 0 aliphatic heterocycles. The van der Waals surface area contributed by atoms with Crippen molar-refractivity contribution in [2.75, 3.05) is 0 Å². The van der Waals surface area contributed by atoms with Gasteiger partial charge in [-0.1, -0.05) is 35.6 Å². The smallest absolute Gasteiger partial charge is 0.226 e. The zero-order chi connectivity index (χ0) is 12.4. The van der Waals surface area contributed by atoms with Gasteiger partial charge in [-0.05, 0) is 18.2 Å². The Morgan fingerprint density at radius 1 is 1.05 bits per heavy atom. The Kier molecular flexibility index (Phi) is 4.31. The van der Waals surface area contributed by atoms with Crippen LogP contribution in [0, 0.1) is 11.3 Å². The lowest BCUT2D eigenvalue weighted by atomic mass is 10.1. The summed E-state index contributed by atoms with van der Waals surface area (Å²) in [5, 5.41) is 8.77. The fraction of sp³-hybridized carbons (Fsp3) is 0.0667. The fourth-order valence-electron chi connectivity index (χ4n) is 1.98. The van der Waals surface area contributed by atoms with E-state index in [1.54, 1.807) is 11.3 Å². The summed E-state index contributed by atoms with van der Waals surface area (Å²) in [6.45, 7) is 0.843. The van der Waals surface area contributed by atoms with E-state index >= 15 is 0 Å². The summed E-state index contributed by atoms with van der Waals surface area (Å²) in [5.74, 6) is 0. The molecule has 0 radical (unpaired) electrons. The van der Waals surface area contributed by atoms with E-state index in [2.05, 4.69) is 40.4 Å². The molecule has 3 aromatic rings. The third kappa shape index (κ3) is 2.83. The van der Waals surface area contributed by atoms with Crippen LogP contribution >= 0.6 is 11.3 Å². The van der Waals surface area contributed by atoms with Gasteiger partial charge in [0.2, 0.25) is 11.0 Å². The molecule has 0 N–H and O–H groups in total. The van der Waals surface area contributed by atoms with Crippen LogP contribution in [0.15, 0.2) is 54.0 Å². The van der Waals surface area contributed by atoms with Crippen molar-refractivity contribution in [1.82, 2.24) is 0 Å². The maximum absolute atomic E-state index is 8.77. The van der Waals surface area contributed by atoms with E-state index in [0.29, 0.717) is 5.56 Å². The van der Waals surface area contributed by atoms with Crippen molar-refractivity contribution in [2.45, 2.75) is 6.54 Å². The summed E-state index contributed by atoms with van der Waals surface area (Å²) in [6, 6.07) is 18.3. The summed E-state index contributed by atoms with van der Waals surface area (Å²) in [4.78, 5) is 0. The lowest BCUT2D eigenvalue weighted by Crippen LogP contribution is -3.00. The topological polar surface area (TPSA) is 27.7 Å². The second kappa shape index (κ2) is 5.96. The number of thiazole rings is 1. The van der Waals surface area contributed by atoms with E-state index < -0.39 is 0 Å². The Bertz CT molecular complexity index is 726. The van der Waals surface area contributed by atoms with E-state index in [1.807, 2.05) is 24.3 Å². The lowest BCUT2D eigenvalue weighted by molar-refractivity contribution is -0.658. The molecule has 0 saturated carbocycles. The van der Waals surface area contributed by atoms with Crippen molar-refractivity contribution in [1.29, 1.82) is 5.26 Å². The van der Waals surface area contributed by atoms with Gasteiger partial charge in [0.1, 0.15) is 4.70 Å². The van der Waals surface area contributed by atoms with Crippen LogP contribution in [0.1, 0.15) is 11.1 Å². The Morgan fingerprint density at radius 2 is 1.79 bits per heavy atom. The van der Waals surface area contributed by atoms with Crippen molar-refractivity contribution in [2.24, 2.45) is 0 Å². The molecule has 0 aliphatic rings. The molecule has 2 aromatic carbocycles. The van der Waals surface area contributed by atoms with Crippen LogP contribution in [0.5, 0.6) is 0 Å². The van der Waals surface area contributed by atoms with E-state index in [9.17, 15) is 0 Å². The molecule has 0 bridgehead atoms. The highest BCUT2D eigenvalue weighted by Crippen LogP contribution is 2.15. The monoisotopic (exact) mass is 330 g/mol. The van der Waals surface area contributed by atoms with Crippen LogP contribution in [0.4, 0.5) is 0 Å². The minimum atomic E-state index is 0. The third-order valence-corrected chi connectivity index (χ3v) is 3.88. The van der Waals surface area contributed by atoms with Gasteiger partial charge in [-0.2, -0.15) is 9.83 Å². The van der Waals surface area contributed by atoms with Gasteiger partial charge in [0, 0.05) is 11.6 Å². The number of para-hydroxylation sites is 1. The molecular weight excluding hydrogens is 320 g/mol. The first-order chi connectivity index (χ1) is 8.86. The van der Waals surface area contributed by atoms with Crippen molar-refractivity contribution >= 4 is 21.6 Å². The summed E-state index contributed by atoms with van der Waals surface area (Å²) >= 11 is 1.75. The van der Waals surface area contributed by atoms with Gasteiger partial charge in [0.05, 0.1) is 11.6 Å². The maximum Gasteiger partial charge on any atom is 0.226 e. The van der Waals surface area contributed by atoms with E-state index in [1.165, 1.54) is 15.8 Å². The van der Waals surface area contributed by atoms with Crippen LogP contribution in [-0.2, 0) is 6.54 Å². The molecule has 1 heterocycles. The predicted octanol–water partition coefficient (Wildman–Crippen LogP) is 0.113. The number of halogens is 1. The molecule has 1 aromatic heterocycles. The number of hydrogen-bond donors (Lipinski definition) is 0. The van der Waals surface area contributed by atoms with Gasteiger partial charge in [0.25, 0.3) is 0 Å². The van der Waals surface area contributed by atoms with Crippen molar-refractivity contribution in [3.63, 3.8) is 0 Å². The number of rotatable bonds is 2. The number of benzene rings is 2. The van der Waals surface area contributed by atoms with E-state index in [4.69, 9.17) is 5.26 Å². The van der Waals surface area contributed by atoms with Gasteiger partial charge in [0.15, 0.2) is 6.54 Å². The second-order valence-corrected chi connectivity index (χ2v) is 5.01. The molecule has 0 amide bonds. The number of nitrogens with zero attached hydrogens (tertiary/aromatic N) is 2. The Hall–Kier alpha value is -1.70. The van der Waals surface area contributed by atoms with Gasteiger partial charge >= 0.3 is 0 Å². The first kappa shape index (κ1) is 13.7. The van der Waals surface area contributed by atoms with Gasteiger partial charge in [-0.15, -0.1) is 0 Å². The second-order valence-electron chi connectivity index (χ2n) is 4.13. The zero-order valence-corrected chi connectivity index (χ0v) is 12.5. The highest BCUT2D eigenvalue weighted by atomic mass is 79.9. The number of aromatic nitrogens is 1. The molecule has 0 unspecified atom stereocenters. The largest absolute Gasteiger partial charge is 1.00 e. The van der Waals surface area contributed by atoms with Crippen LogP contribution in [0.2, 0.25) is 0 Å². The van der Waals surface area contributed by atoms with Crippen molar-refractivity contribution < 1.29 is 21.5 Å². The normalized spacial score (nSPS) is 9.84. The van der Waals surface area contributed by atoms with Crippen molar-refractivity contribution in [3.05, 3.63) is 65.2 Å². The Labute approximate surface area is 126 Å². The quantitative estimate of drug-likeness (QED) is 0.613. The molecule has 0 spiro atoms. The molecule has 2 nitrogen and oxygen atoms in total. The minimum absolute atomic E-state index is 0. The fourth-order valence-corrected chi connectivity index (χ4v) is 2.87. The lowest BCUT2D eigenvalue weighted by Gasteiger charge is -1.96. The molecule has 94 valence electrons. The Balaban J connectivity index is 0.00000133. The van der Waals surface area contributed by atoms with Gasteiger partial charge in [-0.3, -0.25) is 0 Å². The van der Waals surface area contributed by atoms with Crippen molar-refractivity contribution in [3.8, 4) is 6.07 Å². The highest BCUT2D eigenvalue weighted by Gasteiger charge is 2.11. The molecule has 3 rings (SSSR count). The molecule has 0 atom stereocenters. The van der Waals surface area contributed by atoms with Gasteiger partial charge in [-0.25, -0.2) is 0 Å². The SMILES string of the molecule is N#Cc1ccc(C[n+]2csc3ccccc32)cc1.[Br-]. The summed E-state index contributed by atoms with van der Waals surface area (Å²) in [6.07, 6.45) is 0. The average molecular weight is 331 g/mol. The molecule has 19 heavy (non-hydrogen) atoms. The molecule has 0 saturated heterocycles. The van der Waals surface area contributed by atoms with Crippen LogP contribution in [0.25, 0.3) is 10.2 Å². The van der Waals surface area contributed by atoms with Crippen LogP contribution in [-0.4, -0.2) is 0 Å². The predicted molar refractivity (Wildman–Crippen MR) is 72.3 cm³/mol. The Morgan fingerprint density at radius 3 is 2.53 bits per heavy atom. The molecule has 0 aliphatic carbocycles. The minimum Gasteiger partial charge on any atom is -1.00 e. The number of nitriles is 1. The highest BCUT2D eigenvalue weighted by molar-refractivity contribution is 7.16. The van der Waals surface area contributed by atoms with E-state index in [-0.39, 0.29) is 17.0 Å². The summed E-state index contributed by atoms with van der Waals surface area (Å²) in [5.41, 5.74) is 5.32. The summed E-state index contributed by atoms with van der Waals surface area (Å²) < 4.78 is 3.53. The number of hydrogen-bond acceptors (Lipinski definition) is 2. The molecule has 4 heteroatoms. The maximum atomic E-state index is 8.77. The summed E-state index contributed by atoms with van der Waals surface area (Å²) in [7, 11) is 0. The number of fused-ring (bicyclic) bond motifs is 1.